The molecule has 1 aromatic carbocycles. The van der Waals surface area contributed by atoms with Gasteiger partial charge >= 0.3 is 72.1 Å². The number of rotatable bonds is 3. The Kier molecular flexibility index (Phi) is 12.8. The van der Waals surface area contributed by atoms with Crippen LogP contribution in [0.1, 0.15) is 18.1 Å². The third kappa shape index (κ3) is 9.05. The predicted molar refractivity (Wildman–Crippen MR) is 69.6 cm³/mol. The zero-order chi connectivity index (χ0) is 11.7. The van der Waals surface area contributed by atoms with Gasteiger partial charge in [0.2, 0.25) is 6.41 Å². The molecule has 0 saturated heterocycles. The zero-order valence-electron chi connectivity index (χ0n) is 10.3. The fourth-order valence-electron chi connectivity index (χ4n) is 0.942. The van der Waals surface area contributed by atoms with Gasteiger partial charge in [-0.25, -0.2) is 0 Å². The van der Waals surface area contributed by atoms with Gasteiger partial charge in [-0.2, -0.15) is 0 Å². The molecule has 0 unspecified atom stereocenters. The summed E-state index contributed by atoms with van der Waals surface area (Å²) in [4.78, 5) is 10.9. The average molecular weight is 339 g/mol. The third-order valence-electron chi connectivity index (χ3n) is 1.93. The number of carbonyl (C=O) groups is 1. The molecule has 1 amide bonds. The number of carbonyl (C=O) groups excluding carboxylic acids is 1. The smallest absolute Gasteiger partial charge is 0.209 e. The first kappa shape index (κ1) is 18.2. The van der Waals surface area contributed by atoms with Gasteiger partial charge in [0, 0.05) is 14.1 Å². The largest absolute Gasteiger partial charge is 0.351 e. The van der Waals surface area contributed by atoms with Crippen molar-refractivity contribution in [3.8, 4) is 0 Å². The van der Waals surface area contributed by atoms with Gasteiger partial charge in [0.15, 0.2) is 0 Å². The van der Waals surface area contributed by atoms with Crippen molar-refractivity contribution in [1.29, 1.82) is 0 Å². The van der Waals surface area contributed by atoms with E-state index in [2.05, 4.69) is 31.2 Å². The van der Waals surface area contributed by atoms with Crippen LogP contribution in [0.2, 0.25) is 0 Å². The molecule has 0 radical (unpaired) electrons. The van der Waals surface area contributed by atoms with Crippen molar-refractivity contribution in [3.63, 3.8) is 0 Å². The van der Waals surface area contributed by atoms with Gasteiger partial charge in [-0.3, -0.25) is 4.79 Å². The second-order valence-corrected chi connectivity index (χ2v) is 4.54. The minimum atomic E-state index is 0. The molecule has 4 heteroatoms. The van der Waals surface area contributed by atoms with Gasteiger partial charge in [-0.1, -0.05) is 0 Å². The first-order chi connectivity index (χ1) is 7.13. The molecule has 0 N–H and O–H groups in total. The zero-order valence-corrected chi connectivity index (χ0v) is 15.0. The topological polar surface area (TPSA) is 20.3 Å². The molecule has 2 nitrogen and oxygen atoms in total. The van der Waals surface area contributed by atoms with Crippen LogP contribution in [0, 0.1) is 0 Å². The first-order valence-electron chi connectivity index (χ1n) is 5.12. The van der Waals surface area contributed by atoms with Crippen LogP contribution >= 0.6 is 17.0 Å². The van der Waals surface area contributed by atoms with E-state index in [4.69, 9.17) is 0 Å². The van der Waals surface area contributed by atoms with E-state index in [1.54, 1.807) is 14.1 Å². The molecule has 0 heterocycles. The maximum atomic E-state index is 9.43. The van der Waals surface area contributed by atoms with Crippen molar-refractivity contribution >= 4 is 23.4 Å². The second-order valence-electron chi connectivity index (χ2n) is 3.49. The first-order valence-corrected chi connectivity index (χ1v) is 7.22. The van der Waals surface area contributed by atoms with E-state index < -0.39 is 0 Å². The van der Waals surface area contributed by atoms with Crippen LogP contribution in [-0.4, -0.2) is 25.4 Å². The summed E-state index contributed by atoms with van der Waals surface area (Å²) in [5.41, 5.74) is 2.93. The van der Waals surface area contributed by atoms with Crippen LogP contribution in [0.5, 0.6) is 0 Å². The molecule has 1 aromatic rings. The molecule has 0 aliphatic carbocycles. The molecule has 0 fully saturated rings. The normalized spacial score (nSPS) is 8.31. The van der Waals surface area contributed by atoms with Crippen LogP contribution < -0.4 is 0 Å². The number of halogens is 1. The number of amides is 1. The Balaban J connectivity index is 0. The quantitative estimate of drug-likeness (QED) is 0.613. The Bertz CT molecular complexity index is 252. The number of benzene rings is 1. The summed E-state index contributed by atoms with van der Waals surface area (Å²) in [5, 5.41) is 1.27. The van der Waals surface area contributed by atoms with E-state index in [1.165, 1.54) is 39.3 Å². The van der Waals surface area contributed by atoms with E-state index >= 15 is 0 Å². The van der Waals surface area contributed by atoms with Gasteiger partial charge in [0.25, 0.3) is 0 Å². The third-order valence-corrected chi connectivity index (χ3v) is 3.14. The predicted octanol–water partition coefficient (Wildman–Crippen LogP) is 2.58. The molecular weight excluding hydrogens is 319 g/mol. The van der Waals surface area contributed by atoms with Crippen LogP contribution in [-0.2, 0) is 34.5 Å². The molecule has 0 aromatic heterocycles. The monoisotopic (exact) mass is 336 g/mol. The van der Waals surface area contributed by atoms with Crippen LogP contribution in [0.4, 0.5) is 0 Å². The molecule has 0 bridgehead atoms. The summed E-state index contributed by atoms with van der Waals surface area (Å²) in [7, 11) is 3.38. The fraction of sp³-hybridized carbons (Fsp3) is 0.417. The van der Waals surface area contributed by atoms with E-state index in [-0.39, 0.29) is 17.0 Å². The molecule has 0 aliphatic rings. The summed E-state index contributed by atoms with van der Waals surface area (Å²) in [5.74, 6) is 0. The summed E-state index contributed by atoms with van der Waals surface area (Å²) in [6.45, 7) is 2.19. The van der Waals surface area contributed by atoms with Crippen LogP contribution in [0.25, 0.3) is 0 Å². The second kappa shape index (κ2) is 11.3. The van der Waals surface area contributed by atoms with Gasteiger partial charge in [0.05, 0.1) is 0 Å². The summed E-state index contributed by atoms with van der Waals surface area (Å²) in [6.07, 6.45) is 1.90. The van der Waals surface area contributed by atoms with Gasteiger partial charge in [0.1, 0.15) is 0 Å². The van der Waals surface area contributed by atoms with Crippen LogP contribution in [0.15, 0.2) is 24.3 Å². The van der Waals surface area contributed by atoms with Gasteiger partial charge in [-0.15, -0.1) is 17.0 Å². The Morgan fingerprint density at radius 3 is 1.81 bits per heavy atom. The molecular formula is C12H19BrNOZn. The Morgan fingerprint density at radius 2 is 1.56 bits per heavy atom. The average Bonchev–Trinajstić information content (AvgIpc) is 2.30. The van der Waals surface area contributed by atoms with Crippen molar-refractivity contribution in [1.82, 2.24) is 4.90 Å². The Hall–Kier alpha value is -0.207. The number of hydrogen-bond donors (Lipinski definition) is 0. The van der Waals surface area contributed by atoms with E-state index in [9.17, 15) is 4.79 Å². The van der Waals surface area contributed by atoms with Crippen molar-refractivity contribution in [3.05, 3.63) is 35.4 Å². The summed E-state index contributed by atoms with van der Waals surface area (Å²) >= 11 is 1.37. The minimum absolute atomic E-state index is 0. The van der Waals surface area contributed by atoms with E-state index in [1.807, 2.05) is 0 Å². The fourth-order valence-corrected chi connectivity index (χ4v) is 1.64. The van der Waals surface area contributed by atoms with Crippen LogP contribution in [0.3, 0.4) is 0 Å². The molecule has 0 atom stereocenters. The molecule has 0 aliphatic heterocycles. The summed E-state index contributed by atoms with van der Waals surface area (Å²) < 4.78 is 0. The van der Waals surface area contributed by atoms with Gasteiger partial charge in [-0.05, 0) is 0 Å². The molecule has 1 rings (SSSR count). The maximum absolute atomic E-state index is 9.43. The standard InChI is InChI=1S/C9H11.C3H7NO.BrH.Zn/c1-3-9-6-4-8(2)5-7-9;1-4(2)3-5;;/h4-7H,2-3H2,1H3;3H,1-2H3;1H;. The van der Waals surface area contributed by atoms with Crippen molar-refractivity contribution in [2.24, 2.45) is 0 Å². The molecule has 16 heavy (non-hydrogen) atoms. The Morgan fingerprint density at radius 1 is 1.19 bits per heavy atom. The maximum Gasteiger partial charge on any atom is 0.209 e. The number of nitrogens with zero attached hydrogens (tertiary/aromatic N) is 1. The van der Waals surface area contributed by atoms with Crippen molar-refractivity contribution in [2.75, 3.05) is 14.1 Å². The molecule has 87 valence electrons. The number of aryl methyl sites for hydroxylation is 1. The van der Waals surface area contributed by atoms with Crippen molar-refractivity contribution in [2.45, 2.75) is 18.4 Å². The van der Waals surface area contributed by atoms with E-state index in [0.29, 0.717) is 0 Å². The molecule has 0 spiro atoms. The Labute approximate surface area is 119 Å². The number of hydrogen-bond acceptors (Lipinski definition) is 1. The summed E-state index contributed by atoms with van der Waals surface area (Å²) in [6, 6.07) is 8.93. The SMILES string of the molecule is Br.CCc1ccc([CH2][Zn])cc1.CN(C)C=O. The van der Waals surface area contributed by atoms with Gasteiger partial charge < -0.3 is 4.90 Å². The van der Waals surface area contributed by atoms with Crippen molar-refractivity contribution < 1.29 is 23.1 Å². The minimum Gasteiger partial charge on any atom is -0.351 e. The van der Waals surface area contributed by atoms with E-state index in [0.717, 1.165) is 12.8 Å². The molecule has 0 saturated carbocycles.